The molecule has 0 aliphatic rings. The third kappa shape index (κ3) is 4.37. The van der Waals surface area contributed by atoms with Crippen molar-refractivity contribution in [2.75, 3.05) is 13.2 Å². The lowest BCUT2D eigenvalue weighted by Crippen LogP contribution is -1.97. The fourth-order valence-electron chi connectivity index (χ4n) is 1.16. The molecule has 0 bridgehead atoms. The van der Waals surface area contributed by atoms with Crippen LogP contribution in [0.4, 0.5) is 0 Å². The van der Waals surface area contributed by atoms with Gasteiger partial charge < -0.3 is 9.47 Å². The summed E-state index contributed by atoms with van der Waals surface area (Å²) in [5.41, 5.74) is 0. The van der Waals surface area contributed by atoms with Gasteiger partial charge in [0.15, 0.2) is 0 Å². The molecule has 0 saturated carbocycles. The molecule has 3 nitrogen and oxygen atoms in total. The predicted molar refractivity (Wildman–Crippen MR) is 58.0 cm³/mol. The van der Waals surface area contributed by atoms with E-state index in [2.05, 4.69) is 6.07 Å². The lowest BCUT2D eigenvalue weighted by atomic mass is 10.3. The Bertz CT molecular complexity index is 331. The molecule has 0 unspecified atom stereocenters. The van der Waals surface area contributed by atoms with Gasteiger partial charge in [-0.1, -0.05) is 6.07 Å². The Hall–Kier alpha value is -1.69. The van der Waals surface area contributed by atoms with Crippen molar-refractivity contribution in [3.63, 3.8) is 0 Å². The second-order valence-corrected chi connectivity index (χ2v) is 3.02. The quantitative estimate of drug-likeness (QED) is 0.670. The van der Waals surface area contributed by atoms with Crippen LogP contribution < -0.4 is 9.47 Å². The summed E-state index contributed by atoms with van der Waals surface area (Å²) in [6, 6.07) is 9.61. The number of ether oxygens (including phenoxy) is 2. The van der Waals surface area contributed by atoms with Gasteiger partial charge in [-0.2, -0.15) is 5.26 Å². The highest BCUT2D eigenvalue weighted by molar-refractivity contribution is 5.32. The van der Waals surface area contributed by atoms with Crippen LogP contribution in [0, 0.1) is 11.3 Å². The van der Waals surface area contributed by atoms with Crippen molar-refractivity contribution < 1.29 is 9.47 Å². The van der Waals surface area contributed by atoms with Gasteiger partial charge in [-0.3, -0.25) is 0 Å². The lowest BCUT2D eigenvalue weighted by Gasteiger charge is -2.07. The minimum atomic E-state index is 0.533. The van der Waals surface area contributed by atoms with E-state index in [-0.39, 0.29) is 0 Å². The topological polar surface area (TPSA) is 42.2 Å². The summed E-state index contributed by atoms with van der Waals surface area (Å²) >= 11 is 0. The number of hydrogen-bond donors (Lipinski definition) is 0. The Kier molecular flexibility index (Phi) is 5.10. The van der Waals surface area contributed by atoms with Gasteiger partial charge in [0.25, 0.3) is 0 Å². The number of nitriles is 1. The smallest absolute Gasteiger partial charge is 0.122 e. The van der Waals surface area contributed by atoms with Gasteiger partial charge in [-0.05, 0) is 25.5 Å². The van der Waals surface area contributed by atoms with E-state index >= 15 is 0 Å². The Morgan fingerprint density at radius 3 is 2.67 bits per heavy atom. The summed E-state index contributed by atoms with van der Waals surface area (Å²) in [6.07, 6.45) is 1.29. The fraction of sp³-hybridized carbons (Fsp3) is 0.417. The number of unbranched alkanes of at least 4 members (excludes halogenated alkanes) is 1. The second-order valence-electron chi connectivity index (χ2n) is 3.02. The zero-order chi connectivity index (χ0) is 10.9. The molecule has 0 aliphatic carbocycles. The molecule has 1 aromatic carbocycles. The van der Waals surface area contributed by atoms with Crippen molar-refractivity contribution in [1.82, 2.24) is 0 Å². The standard InChI is InChI=1S/C12H15NO2/c1-2-14-11-6-5-7-12(10-11)15-9-4-3-8-13/h5-7,10H,2-4,9H2,1H3. The zero-order valence-electron chi connectivity index (χ0n) is 8.90. The first kappa shape index (κ1) is 11.4. The molecule has 0 heterocycles. The van der Waals surface area contributed by atoms with E-state index in [1.165, 1.54) is 0 Å². The van der Waals surface area contributed by atoms with E-state index in [4.69, 9.17) is 14.7 Å². The van der Waals surface area contributed by atoms with Crippen molar-refractivity contribution in [1.29, 1.82) is 5.26 Å². The average Bonchev–Trinajstić information content (AvgIpc) is 2.26. The van der Waals surface area contributed by atoms with Gasteiger partial charge in [0, 0.05) is 12.5 Å². The van der Waals surface area contributed by atoms with Gasteiger partial charge >= 0.3 is 0 Å². The summed E-state index contributed by atoms with van der Waals surface area (Å²) in [7, 11) is 0. The van der Waals surface area contributed by atoms with E-state index in [0.717, 1.165) is 17.9 Å². The van der Waals surface area contributed by atoms with Crippen LogP contribution in [0.5, 0.6) is 11.5 Å². The lowest BCUT2D eigenvalue weighted by molar-refractivity contribution is 0.305. The highest BCUT2D eigenvalue weighted by atomic mass is 16.5. The van der Waals surface area contributed by atoms with E-state index in [0.29, 0.717) is 19.6 Å². The molecule has 0 atom stereocenters. The third-order valence-electron chi connectivity index (χ3n) is 1.82. The molecular weight excluding hydrogens is 190 g/mol. The van der Waals surface area contributed by atoms with Gasteiger partial charge in [0.05, 0.1) is 19.3 Å². The molecular formula is C12H15NO2. The maximum atomic E-state index is 8.35. The van der Waals surface area contributed by atoms with Crippen LogP contribution in [0.2, 0.25) is 0 Å². The summed E-state index contributed by atoms with van der Waals surface area (Å²) in [5, 5.41) is 8.35. The summed E-state index contributed by atoms with van der Waals surface area (Å²) < 4.78 is 10.8. The van der Waals surface area contributed by atoms with Crippen LogP contribution >= 0.6 is 0 Å². The fourth-order valence-corrected chi connectivity index (χ4v) is 1.16. The molecule has 0 amide bonds. The minimum absolute atomic E-state index is 0.533. The number of benzene rings is 1. The van der Waals surface area contributed by atoms with Gasteiger partial charge in [-0.25, -0.2) is 0 Å². The van der Waals surface area contributed by atoms with Gasteiger partial charge in [0.1, 0.15) is 11.5 Å². The third-order valence-corrected chi connectivity index (χ3v) is 1.82. The SMILES string of the molecule is CCOc1cccc(OCCCC#N)c1. The molecule has 0 saturated heterocycles. The van der Waals surface area contributed by atoms with Crippen molar-refractivity contribution in [3.8, 4) is 17.6 Å². The monoisotopic (exact) mass is 205 g/mol. The highest BCUT2D eigenvalue weighted by Crippen LogP contribution is 2.19. The molecule has 1 aromatic rings. The van der Waals surface area contributed by atoms with Crippen molar-refractivity contribution in [2.24, 2.45) is 0 Å². The Morgan fingerprint density at radius 1 is 1.27 bits per heavy atom. The molecule has 0 aliphatic heterocycles. The van der Waals surface area contributed by atoms with Crippen molar-refractivity contribution in [3.05, 3.63) is 24.3 Å². The van der Waals surface area contributed by atoms with Crippen molar-refractivity contribution >= 4 is 0 Å². The Balaban J connectivity index is 2.40. The predicted octanol–water partition coefficient (Wildman–Crippen LogP) is 2.77. The summed E-state index contributed by atoms with van der Waals surface area (Å²) in [5.74, 6) is 1.61. The van der Waals surface area contributed by atoms with Crippen LogP contribution in [0.15, 0.2) is 24.3 Å². The molecule has 80 valence electrons. The maximum Gasteiger partial charge on any atom is 0.122 e. The Labute approximate surface area is 90.2 Å². The minimum Gasteiger partial charge on any atom is -0.494 e. The molecule has 0 spiro atoms. The van der Waals surface area contributed by atoms with Crippen LogP contribution in [0.25, 0.3) is 0 Å². The van der Waals surface area contributed by atoms with E-state index in [1.807, 2.05) is 31.2 Å². The summed E-state index contributed by atoms with van der Waals surface area (Å²) in [6.45, 7) is 3.17. The Morgan fingerprint density at radius 2 is 2.00 bits per heavy atom. The van der Waals surface area contributed by atoms with Gasteiger partial charge in [-0.15, -0.1) is 0 Å². The first-order chi connectivity index (χ1) is 7.36. The molecule has 15 heavy (non-hydrogen) atoms. The number of hydrogen-bond acceptors (Lipinski definition) is 3. The van der Waals surface area contributed by atoms with Crippen LogP contribution in [-0.4, -0.2) is 13.2 Å². The zero-order valence-corrected chi connectivity index (χ0v) is 8.90. The van der Waals surface area contributed by atoms with E-state index < -0.39 is 0 Å². The summed E-state index contributed by atoms with van der Waals surface area (Å²) in [4.78, 5) is 0. The van der Waals surface area contributed by atoms with Crippen LogP contribution in [-0.2, 0) is 0 Å². The largest absolute Gasteiger partial charge is 0.494 e. The second kappa shape index (κ2) is 6.72. The average molecular weight is 205 g/mol. The van der Waals surface area contributed by atoms with Gasteiger partial charge in [0.2, 0.25) is 0 Å². The first-order valence-corrected chi connectivity index (χ1v) is 5.09. The first-order valence-electron chi connectivity index (χ1n) is 5.09. The molecule has 0 fully saturated rings. The molecule has 0 radical (unpaired) electrons. The van der Waals surface area contributed by atoms with E-state index in [1.54, 1.807) is 0 Å². The molecule has 0 aromatic heterocycles. The van der Waals surface area contributed by atoms with Crippen LogP contribution in [0.3, 0.4) is 0 Å². The molecule has 1 rings (SSSR count). The van der Waals surface area contributed by atoms with Crippen LogP contribution in [0.1, 0.15) is 19.8 Å². The number of nitrogens with zero attached hydrogens (tertiary/aromatic N) is 1. The molecule has 0 N–H and O–H groups in total. The van der Waals surface area contributed by atoms with E-state index in [9.17, 15) is 0 Å². The van der Waals surface area contributed by atoms with Crippen molar-refractivity contribution in [2.45, 2.75) is 19.8 Å². The highest BCUT2D eigenvalue weighted by Gasteiger charge is 1.96. The number of rotatable bonds is 6. The molecule has 3 heteroatoms. The normalized spacial score (nSPS) is 9.33. The maximum absolute atomic E-state index is 8.35.